The molecule has 0 aliphatic heterocycles. The van der Waals surface area contributed by atoms with E-state index in [1.807, 2.05) is 13.8 Å². The van der Waals surface area contributed by atoms with Crippen molar-refractivity contribution in [3.05, 3.63) is 83.4 Å². The summed E-state index contributed by atoms with van der Waals surface area (Å²) in [5, 5.41) is 15.9. The molecular formula is C23H27N3O4. The van der Waals surface area contributed by atoms with Crippen molar-refractivity contribution in [3.8, 4) is 0 Å². The molecule has 2 aromatic rings. The molecule has 7 nitrogen and oxygen atoms in total. The fraction of sp³-hybridized carbons (Fsp3) is 0.261. The van der Waals surface area contributed by atoms with Crippen LogP contribution in [0.25, 0.3) is 0 Å². The first-order valence-corrected chi connectivity index (χ1v) is 9.61. The van der Waals surface area contributed by atoms with Crippen LogP contribution in [0.3, 0.4) is 0 Å². The van der Waals surface area contributed by atoms with Gasteiger partial charge in [0.05, 0.1) is 6.04 Å². The molecule has 0 aromatic heterocycles. The summed E-state index contributed by atoms with van der Waals surface area (Å²) in [4.78, 5) is 37.0. The van der Waals surface area contributed by atoms with Crippen LogP contribution >= 0.6 is 0 Å². The Hall–Kier alpha value is -3.45. The van der Waals surface area contributed by atoms with Gasteiger partial charge in [-0.2, -0.15) is 0 Å². The topological polar surface area (TPSA) is 122 Å². The number of nitrogens with two attached hydrogens (primary N) is 1. The highest BCUT2D eigenvalue weighted by Crippen LogP contribution is 2.18. The van der Waals surface area contributed by atoms with Gasteiger partial charge in [-0.05, 0) is 38.0 Å². The first-order chi connectivity index (χ1) is 14.3. The molecule has 0 aliphatic carbocycles. The van der Waals surface area contributed by atoms with E-state index in [2.05, 4.69) is 10.6 Å². The van der Waals surface area contributed by atoms with Crippen molar-refractivity contribution in [2.75, 3.05) is 0 Å². The Bertz CT molecular complexity index is 893. The maximum atomic E-state index is 12.7. The van der Waals surface area contributed by atoms with Crippen molar-refractivity contribution in [3.63, 3.8) is 0 Å². The number of allylic oxidation sites excluding steroid dienone is 1. The van der Waals surface area contributed by atoms with Gasteiger partial charge in [0, 0.05) is 5.56 Å². The summed E-state index contributed by atoms with van der Waals surface area (Å²) in [6, 6.07) is 15.1. The lowest BCUT2D eigenvalue weighted by Gasteiger charge is -2.25. The first-order valence-electron chi connectivity index (χ1n) is 9.61. The number of benzene rings is 2. The summed E-state index contributed by atoms with van der Waals surface area (Å²) in [7, 11) is 0. The van der Waals surface area contributed by atoms with Crippen molar-refractivity contribution in [2.45, 2.75) is 38.5 Å². The highest BCUT2D eigenvalue weighted by atomic mass is 16.3. The lowest BCUT2D eigenvalue weighted by molar-refractivity contribution is -0.134. The Balaban J connectivity index is 2.22. The molecule has 3 amide bonds. The minimum Gasteiger partial charge on any atom is -0.381 e. The minimum absolute atomic E-state index is 0.211. The van der Waals surface area contributed by atoms with E-state index in [1.165, 1.54) is 0 Å². The van der Waals surface area contributed by atoms with Gasteiger partial charge >= 0.3 is 0 Å². The number of carbonyl (C=O) groups is 3. The van der Waals surface area contributed by atoms with Crippen molar-refractivity contribution in [1.82, 2.24) is 10.6 Å². The van der Waals surface area contributed by atoms with Crippen molar-refractivity contribution >= 4 is 17.7 Å². The van der Waals surface area contributed by atoms with Gasteiger partial charge in [-0.1, -0.05) is 60.2 Å². The number of aliphatic hydroxyl groups excluding tert-OH is 1. The smallest absolute Gasteiger partial charge is 0.252 e. The molecule has 3 atom stereocenters. The Morgan fingerprint density at radius 3 is 2.07 bits per heavy atom. The summed E-state index contributed by atoms with van der Waals surface area (Å²) in [5.74, 6) is -1.95. The van der Waals surface area contributed by atoms with Crippen LogP contribution < -0.4 is 16.4 Å². The maximum absolute atomic E-state index is 12.7. The predicted octanol–water partition coefficient (Wildman–Crippen LogP) is 1.84. The molecule has 5 N–H and O–H groups in total. The second-order valence-electron chi connectivity index (χ2n) is 7.15. The summed E-state index contributed by atoms with van der Waals surface area (Å²) in [6.07, 6.45) is 0.352. The average Bonchev–Trinajstić information content (AvgIpc) is 2.75. The van der Waals surface area contributed by atoms with E-state index in [9.17, 15) is 19.5 Å². The fourth-order valence-corrected chi connectivity index (χ4v) is 2.83. The molecule has 0 aliphatic rings. The zero-order chi connectivity index (χ0) is 22.1. The van der Waals surface area contributed by atoms with Crippen LogP contribution in [-0.2, 0) is 9.59 Å². The van der Waals surface area contributed by atoms with Crippen LogP contribution in [0.2, 0.25) is 0 Å². The average molecular weight is 409 g/mol. The SMILES string of the molecule is CC(C)=CC[C@H](NC(=O)[C@H](O)[C@@H](NC(=O)c1ccccc1)c1ccccc1)C(N)=O. The summed E-state index contributed by atoms with van der Waals surface area (Å²) in [6.45, 7) is 3.72. The second kappa shape index (κ2) is 10.9. The standard InChI is InChI=1S/C23H27N3O4/c1-15(2)13-14-18(21(24)28)25-23(30)20(27)19(16-9-5-3-6-10-16)26-22(29)17-11-7-4-8-12-17/h3-13,18-20,27H,14H2,1-2H3,(H2,24,28)(H,25,30)(H,26,29)/t18-,19-,20+/m0/s1. The number of hydrogen-bond acceptors (Lipinski definition) is 4. The van der Waals surface area contributed by atoms with Gasteiger partial charge in [0.15, 0.2) is 6.10 Å². The fourth-order valence-electron chi connectivity index (χ4n) is 2.83. The summed E-state index contributed by atoms with van der Waals surface area (Å²) < 4.78 is 0. The van der Waals surface area contributed by atoms with Gasteiger partial charge < -0.3 is 21.5 Å². The molecule has 0 saturated heterocycles. The number of hydrogen-bond donors (Lipinski definition) is 4. The third-order valence-electron chi connectivity index (χ3n) is 4.49. The number of rotatable bonds is 9. The number of amides is 3. The van der Waals surface area contributed by atoms with E-state index in [0.717, 1.165) is 5.57 Å². The van der Waals surface area contributed by atoms with Gasteiger partial charge in [0.25, 0.3) is 11.8 Å². The van der Waals surface area contributed by atoms with Gasteiger partial charge in [-0.3, -0.25) is 14.4 Å². The highest BCUT2D eigenvalue weighted by molar-refractivity contribution is 5.95. The summed E-state index contributed by atoms with van der Waals surface area (Å²) >= 11 is 0. The molecule has 0 bridgehead atoms. The molecule has 0 unspecified atom stereocenters. The number of primary amides is 1. The number of nitrogens with one attached hydrogen (secondary N) is 2. The molecule has 0 fully saturated rings. The van der Waals surface area contributed by atoms with Gasteiger partial charge in [0.1, 0.15) is 6.04 Å². The lowest BCUT2D eigenvalue weighted by atomic mass is 9.99. The lowest BCUT2D eigenvalue weighted by Crippen LogP contribution is -2.51. The van der Waals surface area contributed by atoms with E-state index >= 15 is 0 Å². The molecule has 30 heavy (non-hydrogen) atoms. The predicted molar refractivity (Wildman–Crippen MR) is 114 cm³/mol. The normalized spacial score (nSPS) is 13.4. The minimum atomic E-state index is -1.63. The van der Waals surface area contributed by atoms with Crippen LogP contribution in [-0.4, -0.2) is 35.0 Å². The number of carbonyl (C=O) groups excluding carboxylic acids is 3. The van der Waals surface area contributed by atoms with Gasteiger partial charge in [-0.15, -0.1) is 0 Å². The summed E-state index contributed by atoms with van der Waals surface area (Å²) in [5.41, 5.74) is 7.29. The van der Waals surface area contributed by atoms with Crippen LogP contribution in [0.5, 0.6) is 0 Å². The van der Waals surface area contributed by atoms with Crippen LogP contribution in [0.15, 0.2) is 72.3 Å². The molecule has 0 heterocycles. The zero-order valence-corrected chi connectivity index (χ0v) is 17.0. The third-order valence-corrected chi connectivity index (χ3v) is 4.49. The Morgan fingerprint density at radius 1 is 0.967 bits per heavy atom. The van der Waals surface area contributed by atoms with E-state index in [0.29, 0.717) is 11.1 Å². The van der Waals surface area contributed by atoms with Crippen LogP contribution in [0, 0.1) is 0 Å². The molecule has 158 valence electrons. The molecule has 7 heteroatoms. The van der Waals surface area contributed by atoms with E-state index < -0.39 is 35.9 Å². The van der Waals surface area contributed by atoms with Crippen molar-refractivity contribution < 1.29 is 19.5 Å². The Morgan fingerprint density at radius 2 is 1.53 bits per heavy atom. The molecular weight excluding hydrogens is 382 g/mol. The Kier molecular flexibility index (Phi) is 8.31. The monoisotopic (exact) mass is 409 g/mol. The maximum Gasteiger partial charge on any atom is 0.252 e. The zero-order valence-electron chi connectivity index (χ0n) is 17.0. The highest BCUT2D eigenvalue weighted by Gasteiger charge is 2.31. The molecule has 2 rings (SSSR count). The molecule has 2 aromatic carbocycles. The van der Waals surface area contributed by atoms with Gasteiger partial charge in [0.2, 0.25) is 5.91 Å². The number of aliphatic hydroxyl groups is 1. The van der Waals surface area contributed by atoms with E-state index in [4.69, 9.17) is 5.73 Å². The second-order valence-corrected chi connectivity index (χ2v) is 7.15. The molecule has 0 saturated carbocycles. The van der Waals surface area contributed by atoms with E-state index in [-0.39, 0.29) is 6.42 Å². The first kappa shape index (κ1) is 22.8. The van der Waals surface area contributed by atoms with Gasteiger partial charge in [-0.25, -0.2) is 0 Å². The largest absolute Gasteiger partial charge is 0.381 e. The van der Waals surface area contributed by atoms with E-state index in [1.54, 1.807) is 66.7 Å². The van der Waals surface area contributed by atoms with Crippen molar-refractivity contribution in [2.24, 2.45) is 5.73 Å². The van der Waals surface area contributed by atoms with Crippen LogP contribution in [0.1, 0.15) is 42.2 Å². The Labute approximate surface area is 176 Å². The molecule has 0 radical (unpaired) electrons. The quantitative estimate of drug-likeness (QED) is 0.472. The van der Waals surface area contributed by atoms with Crippen molar-refractivity contribution in [1.29, 1.82) is 0 Å². The molecule has 0 spiro atoms. The third kappa shape index (κ3) is 6.56. The van der Waals surface area contributed by atoms with Crippen LogP contribution in [0.4, 0.5) is 0 Å².